The fourth-order valence-corrected chi connectivity index (χ4v) is 2.17. The molecule has 0 radical (unpaired) electrons. The van der Waals surface area contributed by atoms with E-state index in [0.717, 1.165) is 16.8 Å². The first-order valence-electron chi connectivity index (χ1n) is 6.19. The van der Waals surface area contributed by atoms with E-state index in [4.69, 9.17) is 4.74 Å². The summed E-state index contributed by atoms with van der Waals surface area (Å²) in [5.74, 6) is 0.820. The van der Waals surface area contributed by atoms with Gasteiger partial charge in [0.15, 0.2) is 0 Å². The fourth-order valence-electron chi connectivity index (χ4n) is 2.17. The smallest absolute Gasteiger partial charge is 0.121 e. The van der Waals surface area contributed by atoms with Crippen LogP contribution >= 0.6 is 0 Å². The standard InChI is InChI=1S/C15H15N3O/c1-11-4-3-5-12(8-11)10-18-15-9-13(19-2)6-7-14(15)16-17-18/h3-9H,10H2,1-2H3. The summed E-state index contributed by atoms with van der Waals surface area (Å²) in [5, 5.41) is 8.38. The Morgan fingerprint density at radius 2 is 2.05 bits per heavy atom. The molecule has 0 aliphatic carbocycles. The molecule has 0 N–H and O–H groups in total. The number of rotatable bonds is 3. The van der Waals surface area contributed by atoms with Crippen molar-refractivity contribution in [1.82, 2.24) is 15.0 Å². The molecule has 0 unspecified atom stereocenters. The van der Waals surface area contributed by atoms with Gasteiger partial charge in [-0.15, -0.1) is 5.10 Å². The van der Waals surface area contributed by atoms with E-state index < -0.39 is 0 Å². The third-order valence-electron chi connectivity index (χ3n) is 3.14. The normalized spacial score (nSPS) is 10.8. The zero-order chi connectivity index (χ0) is 13.2. The molecule has 0 spiro atoms. The molecule has 1 heterocycles. The monoisotopic (exact) mass is 253 g/mol. The minimum Gasteiger partial charge on any atom is -0.497 e. The van der Waals surface area contributed by atoms with Crippen LogP contribution in [-0.4, -0.2) is 22.1 Å². The Morgan fingerprint density at radius 1 is 1.16 bits per heavy atom. The molecular weight excluding hydrogens is 238 g/mol. The maximum Gasteiger partial charge on any atom is 0.121 e. The lowest BCUT2D eigenvalue weighted by atomic mass is 10.1. The highest BCUT2D eigenvalue weighted by molar-refractivity contribution is 5.76. The number of hydrogen-bond donors (Lipinski definition) is 0. The number of ether oxygens (including phenoxy) is 1. The van der Waals surface area contributed by atoms with E-state index in [9.17, 15) is 0 Å². The van der Waals surface area contributed by atoms with Gasteiger partial charge in [0, 0.05) is 6.07 Å². The number of methoxy groups -OCH3 is 1. The third kappa shape index (κ3) is 2.29. The van der Waals surface area contributed by atoms with Crippen molar-refractivity contribution in [3.8, 4) is 5.75 Å². The van der Waals surface area contributed by atoms with Gasteiger partial charge in [0.25, 0.3) is 0 Å². The topological polar surface area (TPSA) is 39.9 Å². The summed E-state index contributed by atoms with van der Waals surface area (Å²) in [7, 11) is 1.66. The number of hydrogen-bond acceptors (Lipinski definition) is 3. The number of fused-ring (bicyclic) bond motifs is 1. The quantitative estimate of drug-likeness (QED) is 0.720. The van der Waals surface area contributed by atoms with Crippen LogP contribution in [0.2, 0.25) is 0 Å². The number of nitrogens with zero attached hydrogens (tertiary/aromatic N) is 3. The van der Waals surface area contributed by atoms with Crippen LogP contribution in [0.1, 0.15) is 11.1 Å². The predicted molar refractivity (Wildman–Crippen MR) is 74.4 cm³/mol. The molecule has 1 aromatic heterocycles. The van der Waals surface area contributed by atoms with Crippen molar-refractivity contribution in [3.05, 3.63) is 53.6 Å². The van der Waals surface area contributed by atoms with Crippen LogP contribution in [0.5, 0.6) is 5.75 Å². The van der Waals surface area contributed by atoms with Gasteiger partial charge in [-0.25, -0.2) is 4.68 Å². The lowest BCUT2D eigenvalue weighted by Crippen LogP contribution is -2.02. The molecule has 0 aliphatic rings. The van der Waals surface area contributed by atoms with Gasteiger partial charge in [-0.2, -0.15) is 0 Å². The number of benzene rings is 2. The Kier molecular flexibility index (Phi) is 2.91. The van der Waals surface area contributed by atoms with Crippen molar-refractivity contribution in [2.24, 2.45) is 0 Å². The molecule has 3 rings (SSSR count). The summed E-state index contributed by atoms with van der Waals surface area (Å²) in [6.45, 7) is 2.80. The molecule has 19 heavy (non-hydrogen) atoms. The summed E-state index contributed by atoms with van der Waals surface area (Å²) in [5.41, 5.74) is 4.34. The third-order valence-corrected chi connectivity index (χ3v) is 3.14. The van der Waals surface area contributed by atoms with E-state index in [1.54, 1.807) is 7.11 Å². The van der Waals surface area contributed by atoms with Crippen molar-refractivity contribution in [2.45, 2.75) is 13.5 Å². The Balaban J connectivity index is 2.00. The summed E-state index contributed by atoms with van der Waals surface area (Å²) in [6.07, 6.45) is 0. The van der Waals surface area contributed by atoms with E-state index in [1.807, 2.05) is 22.9 Å². The minimum absolute atomic E-state index is 0.714. The molecule has 2 aromatic carbocycles. The molecule has 0 amide bonds. The molecule has 0 atom stereocenters. The Hall–Kier alpha value is -2.36. The van der Waals surface area contributed by atoms with Gasteiger partial charge in [0.1, 0.15) is 11.3 Å². The van der Waals surface area contributed by atoms with Crippen molar-refractivity contribution in [2.75, 3.05) is 7.11 Å². The highest BCUT2D eigenvalue weighted by atomic mass is 16.5. The first-order valence-corrected chi connectivity index (χ1v) is 6.19. The van der Waals surface area contributed by atoms with E-state index in [1.165, 1.54) is 11.1 Å². The summed E-state index contributed by atoms with van der Waals surface area (Å²) in [4.78, 5) is 0. The molecule has 0 saturated heterocycles. The molecule has 4 heteroatoms. The lowest BCUT2D eigenvalue weighted by Gasteiger charge is -2.05. The van der Waals surface area contributed by atoms with E-state index >= 15 is 0 Å². The SMILES string of the molecule is COc1ccc2nnn(Cc3cccc(C)c3)c2c1. The highest BCUT2D eigenvalue weighted by Crippen LogP contribution is 2.19. The van der Waals surface area contributed by atoms with Gasteiger partial charge in [-0.05, 0) is 24.6 Å². The maximum absolute atomic E-state index is 5.25. The van der Waals surface area contributed by atoms with Crippen molar-refractivity contribution < 1.29 is 4.74 Å². The molecule has 0 aliphatic heterocycles. The van der Waals surface area contributed by atoms with Gasteiger partial charge in [0.05, 0.1) is 19.2 Å². The average molecular weight is 253 g/mol. The first kappa shape index (κ1) is 11.7. The molecule has 4 nitrogen and oxygen atoms in total. The minimum atomic E-state index is 0.714. The number of aromatic nitrogens is 3. The van der Waals surface area contributed by atoms with Crippen molar-refractivity contribution in [1.29, 1.82) is 0 Å². The molecule has 96 valence electrons. The van der Waals surface area contributed by atoms with Crippen molar-refractivity contribution in [3.63, 3.8) is 0 Å². The molecule has 3 aromatic rings. The van der Waals surface area contributed by atoms with Crippen LogP contribution in [0.15, 0.2) is 42.5 Å². The van der Waals surface area contributed by atoms with Crippen LogP contribution in [0, 0.1) is 6.92 Å². The second kappa shape index (κ2) is 4.72. The predicted octanol–water partition coefficient (Wildman–Crippen LogP) is 2.80. The Labute approximate surface area is 111 Å². The second-order valence-electron chi connectivity index (χ2n) is 4.59. The molecule has 0 bridgehead atoms. The maximum atomic E-state index is 5.25. The molecule has 0 saturated carbocycles. The largest absolute Gasteiger partial charge is 0.497 e. The van der Waals surface area contributed by atoms with Gasteiger partial charge in [-0.3, -0.25) is 0 Å². The second-order valence-corrected chi connectivity index (χ2v) is 4.59. The Morgan fingerprint density at radius 3 is 2.84 bits per heavy atom. The first-order chi connectivity index (χ1) is 9.26. The summed E-state index contributed by atoms with van der Waals surface area (Å²) >= 11 is 0. The van der Waals surface area contributed by atoms with Crippen LogP contribution < -0.4 is 4.74 Å². The highest BCUT2D eigenvalue weighted by Gasteiger charge is 2.06. The van der Waals surface area contributed by atoms with E-state index in [2.05, 4.69) is 41.5 Å². The van der Waals surface area contributed by atoms with Crippen LogP contribution in [-0.2, 0) is 6.54 Å². The zero-order valence-electron chi connectivity index (χ0n) is 11.0. The fraction of sp³-hybridized carbons (Fsp3) is 0.200. The average Bonchev–Trinajstić information content (AvgIpc) is 2.81. The molecular formula is C15H15N3O. The van der Waals surface area contributed by atoms with Gasteiger partial charge in [-0.1, -0.05) is 35.0 Å². The van der Waals surface area contributed by atoms with E-state index in [0.29, 0.717) is 6.54 Å². The van der Waals surface area contributed by atoms with Crippen molar-refractivity contribution >= 4 is 11.0 Å². The van der Waals surface area contributed by atoms with E-state index in [-0.39, 0.29) is 0 Å². The van der Waals surface area contributed by atoms with Crippen LogP contribution in [0.25, 0.3) is 11.0 Å². The lowest BCUT2D eigenvalue weighted by molar-refractivity contribution is 0.415. The zero-order valence-corrected chi connectivity index (χ0v) is 11.0. The number of aryl methyl sites for hydroxylation is 1. The van der Waals surface area contributed by atoms with Gasteiger partial charge < -0.3 is 4.74 Å². The summed E-state index contributed by atoms with van der Waals surface area (Å²) < 4.78 is 7.14. The van der Waals surface area contributed by atoms with Gasteiger partial charge >= 0.3 is 0 Å². The van der Waals surface area contributed by atoms with Crippen LogP contribution in [0.3, 0.4) is 0 Å². The van der Waals surface area contributed by atoms with Gasteiger partial charge in [0.2, 0.25) is 0 Å². The molecule has 0 fully saturated rings. The Bertz CT molecular complexity index is 718. The summed E-state index contributed by atoms with van der Waals surface area (Å²) in [6, 6.07) is 14.2. The van der Waals surface area contributed by atoms with Crippen LogP contribution in [0.4, 0.5) is 0 Å².